The first-order valence-corrected chi connectivity index (χ1v) is 12.0. The highest BCUT2D eigenvalue weighted by Crippen LogP contribution is 2.34. The van der Waals surface area contributed by atoms with Crippen molar-refractivity contribution in [2.24, 2.45) is 11.8 Å². The van der Waals surface area contributed by atoms with Gasteiger partial charge in [0.05, 0.1) is 24.8 Å². The summed E-state index contributed by atoms with van der Waals surface area (Å²) in [5, 5.41) is 2.64. The van der Waals surface area contributed by atoms with Gasteiger partial charge in [-0.1, -0.05) is 36.4 Å². The maximum Gasteiger partial charge on any atom is 0.338 e. The van der Waals surface area contributed by atoms with Crippen LogP contribution in [0.3, 0.4) is 0 Å². The van der Waals surface area contributed by atoms with Crippen molar-refractivity contribution in [3.05, 3.63) is 83.9 Å². The van der Waals surface area contributed by atoms with E-state index in [-0.39, 0.29) is 5.97 Å². The van der Waals surface area contributed by atoms with Crippen molar-refractivity contribution >= 4 is 33.7 Å². The van der Waals surface area contributed by atoms with Crippen LogP contribution in [0.25, 0.3) is 21.8 Å². The summed E-state index contributed by atoms with van der Waals surface area (Å²) >= 11 is 0. The molecule has 0 aliphatic heterocycles. The summed E-state index contributed by atoms with van der Waals surface area (Å²) in [5.41, 5.74) is 3.48. The van der Waals surface area contributed by atoms with Gasteiger partial charge in [-0.25, -0.2) is 9.59 Å². The molecule has 0 unspecified atom stereocenters. The quantitative estimate of drug-likeness (QED) is 0.323. The number of nitrogens with zero attached hydrogens (tertiary/aromatic N) is 1. The third kappa shape index (κ3) is 4.43. The van der Waals surface area contributed by atoms with Gasteiger partial charge in [0, 0.05) is 28.4 Å². The van der Waals surface area contributed by atoms with Crippen LogP contribution in [0.2, 0.25) is 0 Å². The molecule has 4 aromatic rings. The highest BCUT2D eigenvalue weighted by Gasteiger charge is 2.24. The van der Waals surface area contributed by atoms with Crippen LogP contribution in [0, 0.1) is 11.8 Å². The van der Waals surface area contributed by atoms with Crippen LogP contribution in [0.15, 0.2) is 72.8 Å². The molecule has 3 aromatic carbocycles. The summed E-state index contributed by atoms with van der Waals surface area (Å²) in [6.07, 6.45) is 4.40. The predicted molar refractivity (Wildman–Crippen MR) is 133 cm³/mol. The van der Waals surface area contributed by atoms with Gasteiger partial charge >= 0.3 is 11.9 Å². The number of carbonyl (C=O) groups excluding carboxylic acids is 2. The van der Waals surface area contributed by atoms with E-state index in [1.54, 1.807) is 24.3 Å². The number of fused-ring (bicyclic) bond motifs is 3. The Morgan fingerprint density at radius 1 is 0.735 bits per heavy atom. The molecule has 0 atom stereocenters. The number of methoxy groups -OCH3 is 1. The van der Waals surface area contributed by atoms with Gasteiger partial charge in [-0.05, 0) is 73.9 Å². The minimum atomic E-state index is -0.419. The molecule has 5 heteroatoms. The summed E-state index contributed by atoms with van der Waals surface area (Å²) in [7, 11) is 1.34. The van der Waals surface area contributed by atoms with Crippen molar-refractivity contribution < 1.29 is 19.1 Å². The fourth-order valence-electron chi connectivity index (χ4n) is 5.18. The summed E-state index contributed by atoms with van der Waals surface area (Å²) in [6, 6.07) is 23.7. The second kappa shape index (κ2) is 9.72. The lowest BCUT2D eigenvalue weighted by Crippen LogP contribution is -2.23. The number of para-hydroxylation sites is 2. The SMILES string of the molecule is COC(=O)c1ccc(C(=O)OCC2CCC(Cn3c4ccccc4c4ccccc43)CC2)cc1. The molecule has 1 aliphatic carbocycles. The van der Waals surface area contributed by atoms with E-state index >= 15 is 0 Å². The Balaban J connectivity index is 1.17. The van der Waals surface area contributed by atoms with E-state index in [0.717, 1.165) is 32.2 Å². The molecule has 34 heavy (non-hydrogen) atoms. The molecular formula is C29H29NO4. The minimum absolute atomic E-state index is 0.344. The zero-order valence-corrected chi connectivity index (χ0v) is 19.4. The largest absolute Gasteiger partial charge is 0.465 e. The number of hydrogen-bond acceptors (Lipinski definition) is 4. The van der Waals surface area contributed by atoms with Crippen LogP contribution in [0.1, 0.15) is 46.4 Å². The van der Waals surface area contributed by atoms with Gasteiger partial charge in [-0.2, -0.15) is 0 Å². The Hall–Kier alpha value is -3.60. The van der Waals surface area contributed by atoms with E-state index in [2.05, 4.69) is 53.1 Å². The number of esters is 2. The Morgan fingerprint density at radius 2 is 1.24 bits per heavy atom. The van der Waals surface area contributed by atoms with E-state index in [1.165, 1.54) is 28.9 Å². The molecule has 0 saturated heterocycles. The van der Waals surface area contributed by atoms with Gasteiger partial charge < -0.3 is 14.0 Å². The molecule has 174 valence electrons. The third-order valence-electron chi connectivity index (χ3n) is 7.08. The van der Waals surface area contributed by atoms with Gasteiger partial charge in [0.15, 0.2) is 0 Å². The fraction of sp³-hybridized carbons (Fsp3) is 0.310. The Morgan fingerprint density at radius 3 is 1.79 bits per heavy atom. The van der Waals surface area contributed by atoms with Crippen molar-refractivity contribution in [2.75, 3.05) is 13.7 Å². The second-order valence-corrected chi connectivity index (χ2v) is 9.20. The van der Waals surface area contributed by atoms with Crippen LogP contribution in [0.4, 0.5) is 0 Å². The minimum Gasteiger partial charge on any atom is -0.465 e. The zero-order valence-electron chi connectivity index (χ0n) is 19.4. The van der Waals surface area contributed by atoms with Gasteiger partial charge in [0.1, 0.15) is 0 Å². The average molecular weight is 456 g/mol. The molecule has 0 N–H and O–H groups in total. The van der Waals surface area contributed by atoms with E-state index in [1.807, 2.05) is 0 Å². The number of aromatic nitrogens is 1. The van der Waals surface area contributed by atoms with Crippen LogP contribution < -0.4 is 0 Å². The summed E-state index contributed by atoms with van der Waals surface area (Å²) in [4.78, 5) is 24.0. The van der Waals surface area contributed by atoms with Gasteiger partial charge in [0.25, 0.3) is 0 Å². The van der Waals surface area contributed by atoms with Gasteiger partial charge in [-0.3, -0.25) is 0 Å². The van der Waals surface area contributed by atoms with Crippen molar-refractivity contribution in [1.82, 2.24) is 4.57 Å². The molecule has 0 radical (unpaired) electrons. The predicted octanol–water partition coefficient (Wildman–Crippen LogP) is 6.24. The lowest BCUT2D eigenvalue weighted by Gasteiger charge is -2.29. The number of hydrogen-bond donors (Lipinski definition) is 0. The van der Waals surface area contributed by atoms with Crippen LogP contribution in [-0.2, 0) is 16.0 Å². The summed E-state index contributed by atoms with van der Waals surface area (Å²) in [5.74, 6) is 0.256. The average Bonchev–Trinajstić information content (AvgIpc) is 3.21. The van der Waals surface area contributed by atoms with Crippen molar-refractivity contribution in [3.63, 3.8) is 0 Å². The smallest absolute Gasteiger partial charge is 0.338 e. The third-order valence-corrected chi connectivity index (χ3v) is 7.08. The summed E-state index contributed by atoms with van der Waals surface area (Å²) < 4.78 is 12.8. The normalized spacial score (nSPS) is 18.1. The standard InChI is InChI=1S/C29H29NO4/c1-33-28(31)22-14-16-23(17-15-22)29(32)34-19-21-12-10-20(11-13-21)18-30-26-8-4-2-6-24(26)25-7-3-5-9-27(25)30/h2-9,14-17,20-21H,10-13,18-19H2,1H3. The lowest BCUT2D eigenvalue weighted by atomic mass is 9.82. The Kier molecular flexibility index (Phi) is 6.35. The lowest BCUT2D eigenvalue weighted by molar-refractivity contribution is 0.0391. The number of carbonyl (C=O) groups is 2. The van der Waals surface area contributed by atoms with Gasteiger partial charge in [0.2, 0.25) is 0 Å². The van der Waals surface area contributed by atoms with Crippen LogP contribution in [-0.4, -0.2) is 30.2 Å². The molecule has 0 amide bonds. The van der Waals surface area contributed by atoms with Crippen molar-refractivity contribution in [1.29, 1.82) is 0 Å². The van der Waals surface area contributed by atoms with E-state index < -0.39 is 5.97 Å². The number of benzene rings is 3. The summed E-state index contributed by atoms with van der Waals surface area (Å²) in [6.45, 7) is 1.47. The molecule has 1 heterocycles. The second-order valence-electron chi connectivity index (χ2n) is 9.20. The number of rotatable bonds is 6. The Labute approximate surface area is 199 Å². The maximum atomic E-state index is 12.4. The highest BCUT2D eigenvalue weighted by atomic mass is 16.5. The first-order chi connectivity index (χ1) is 16.6. The molecule has 5 rings (SSSR count). The molecule has 1 fully saturated rings. The van der Waals surface area contributed by atoms with Crippen molar-refractivity contribution in [2.45, 2.75) is 32.2 Å². The maximum absolute atomic E-state index is 12.4. The monoisotopic (exact) mass is 455 g/mol. The number of ether oxygens (including phenoxy) is 2. The zero-order chi connectivity index (χ0) is 23.5. The molecule has 0 spiro atoms. The molecule has 0 bridgehead atoms. The molecule has 5 nitrogen and oxygen atoms in total. The molecular weight excluding hydrogens is 426 g/mol. The molecule has 1 saturated carbocycles. The van der Waals surface area contributed by atoms with Crippen molar-refractivity contribution in [3.8, 4) is 0 Å². The highest BCUT2D eigenvalue weighted by molar-refractivity contribution is 6.07. The van der Waals surface area contributed by atoms with E-state index in [0.29, 0.717) is 29.6 Å². The first-order valence-electron chi connectivity index (χ1n) is 12.0. The topological polar surface area (TPSA) is 57.5 Å². The Bertz CT molecular complexity index is 1260. The first kappa shape index (κ1) is 22.2. The molecule has 1 aliphatic rings. The van der Waals surface area contributed by atoms with Gasteiger partial charge in [-0.15, -0.1) is 0 Å². The molecule has 1 aromatic heterocycles. The fourth-order valence-corrected chi connectivity index (χ4v) is 5.18. The van der Waals surface area contributed by atoms with E-state index in [9.17, 15) is 9.59 Å². The van der Waals surface area contributed by atoms with Crippen LogP contribution >= 0.6 is 0 Å². The van der Waals surface area contributed by atoms with E-state index in [4.69, 9.17) is 9.47 Å². The van der Waals surface area contributed by atoms with Crippen LogP contribution in [0.5, 0.6) is 0 Å².